The van der Waals surface area contributed by atoms with Crippen molar-refractivity contribution in [2.24, 2.45) is 0 Å². The fourth-order valence-corrected chi connectivity index (χ4v) is 0.394. The Labute approximate surface area is 53.6 Å². The predicted molar refractivity (Wildman–Crippen MR) is 33.9 cm³/mol. The molecule has 4 heteroatoms. The average Bonchev–Trinajstić information content (AvgIpc) is 1.61. The van der Waals surface area contributed by atoms with Crippen molar-refractivity contribution < 1.29 is 7.81 Å². The summed E-state index contributed by atoms with van der Waals surface area (Å²) in [6.45, 7) is 3.83. The number of hydrogen-bond acceptors (Lipinski definition) is 4. The molecule has 0 amide bonds. The molecule has 0 N–H and O–H groups in total. The third kappa shape index (κ3) is 6.62. The zero-order chi connectivity index (χ0) is 5.70. The molecule has 0 rings (SSSR count). The van der Waals surface area contributed by atoms with Crippen LogP contribution in [0.3, 0.4) is 0 Å². The van der Waals surface area contributed by atoms with Crippen LogP contribution in [-0.2, 0) is 7.81 Å². The molecule has 0 aliphatic rings. The second-order valence-corrected chi connectivity index (χ2v) is 2.21. The van der Waals surface area contributed by atoms with Gasteiger partial charge in [-0.2, -0.15) is 0 Å². The number of rotatable bonds is 3. The van der Waals surface area contributed by atoms with E-state index in [-0.39, 0.29) is 6.10 Å². The predicted octanol–water partition coefficient (Wildman–Crippen LogP) is 1.84. The fourth-order valence-electron chi connectivity index (χ4n) is 0.0961. The van der Waals surface area contributed by atoms with Gasteiger partial charge in [-0.1, -0.05) is 0 Å². The first-order valence-electron chi connectivity index (χ1n) is 1.91. The minimum atomic E-state index is 0.192. The van der Waals surface area contributed by atoms with Gasteiger partial charge in [0.2, 0.25) is 0 Å². The summed E-state index contributed by atoms with van der Waals surface area (Å²) in [4.78, 5) is 0. The Hall–Kier alpha value is 0.620. The van der Waals surface area contributed by atoms with Crippen LogP contribution in [0.15, 0.2) is 0 Å². The highest BCUT2D eigenvalue weighted by atomic mass is 32.2. The van der Waals surface area contributed by atoms with Gasteiger partial charge in [-0.3, -0.25) is 4.18 Å². The normalized spacial score (nSPS) is 10.3. The Morgan fingerprint density at radius 3 is 2.29 bits per heavy atom. The molecule has 0 saturated carbocycles. The van der Waals surface area contributed by atoms with E-state index >= 15 is 0 Å². The first-order valence-corrected chi connectivity index (χ1v) is 2.94. The largest absolute Gasteiger partial charge is 0.288 e. The van der Waals surface area contributed by atoms with Gasteiger partial charge in [-0.05, 0) is 26.8 Å². The molecule has 0 heterocycles. The molecule has 0 aromatic carbocycles. The van der Waals surface area contributed by atoms with Crippen LogP contribution < -0.4 is 0 Å². The van der Waals surface area contributed by atoms with Crippen molar-refractivity contribution in [1.82, 2.24) is 0 Å². The quantitative estimate of drug-likeness (QED) is 0.476. The minimum absolute atomic E-state index is 0.192. The van der Waals surface area contributed by atoms with Gasteiger partial charge in [0.1, 0.15) is 0 Å². The Morgan fingerprint density at radius 2 is 2.14 bits per heavy atom. The van der Waals surface area contributed by atoms with Crippen molar-refractivity contribution in [2.75, 3.05) is 0 Å². The molecule has 0 unspecified atom stereocenters. The minimum Gasteiger partial charge on any atom is -0.288 e. The topological polar surface area (TPSA) is 18.5 Å². The molecule has 0 aliphatic heterocycles. The van der Waals surface area contributed by atoms with Gasteiger partial charge in [0, 0.05) is 0 Å². The van der Waals surface area contributed by atoms with Crippen LogP contribution in [0.5, 0.6) is 0 Å². The monoisotopic (exact) mass is 140 g/mol. The SMILES string of the molecule is CC(C)OSOS. The molecule has 0 aromatic heterocycles. The Kier molecular flexibility index (Phi) is 5.19. The molecule has 44 valence electrons. The fraction of sp³-hybridized carbons (Fsp3) is 1.00. The first kappa shape index (κ1) is 7.62. The van der Waals surface area contributed by atoms with Crippen LogP contribution in [0.25, 0.3) is 0 Å². The van der Waals surface area contributed by atoms with Gasteiger partial charge in [-0.25, -0.2) is 3.63 Å². The zero-order valence-corrected chi connectivity index (χ0v) is 5.96. The van der Waals surface area contributed by atoms with E-state index in [1.165, 1.54) is 0 Å². The standard InChI is InChI=1S/C3H8O2S2/c1-3(2)4-7-5-6/h3,6H,1-2H3. The maximum Gasteiger partial charge on any atom is 0.171 e. The summed E-state index contributed by atoms with van der Waals surface area (Å²) in [5.74, 6) is 0. The highest BCUT2D eigenvalue weighted by Crippen LogP contribution is 2.08. The number of hydrogen-bond donors (Lipinski definition) is 1. The third-order valence-electron chi connectivity index (χ3n) is 0.262. The first-order chi connectivity index (χ1) is 3.27. The summed E-state index contributed by atoms with van der Waals surface area (Å²) >= 11 is 4.31. The van der Waals surface area contributed by atoms with Gasteiger partial charge in [-0.15, -0.1) is 0 Å². The summed E-state index contributed by atoms with van der Waals surface area (Å²) < 4.78 is 9.05. The summed E-state index contributed by atoms with van der Waals surface area (Å²) in [5.41, 5.74) is 0. The van der Waals surface area contributed by atoms with Crippen LogP contribution in [0.2, 0.25) is 0 Å². The van der Waals surface area contributed by atoms with E-state index in [2.05, 4.69) is 16.5 Å². The van der Waals surface area contributed by atoms with E-state index < -0.39 is 0 Å². The highest BCUT2D eigenvalue weighted by Gasteiger charge is 1.90. The second kappa shape index (κ2) is 4.77. The van der Waals surface area contributed by atoms with E-state index in [0.29, 0.717) is 0 Å². The summed E-state index contributed by atoms with van der Waals surface area (Å²) in [5, 5.41) is 0. The van der Waals surface area contributed by atoms with Gasteiger partial charge < -0.3 is 0 Å². The van der Waals surface area contributed by atoms with Crippen molar-refractivity contribution in [2.45, 2.75) is 20.0 Å². The van der Waals surface area contributed by atoms with Crippen LogP contribution in [0, 0.1) is 0 Å². The van der Waals surface area contributed by atoms with E-state index in [9.17, 15) is 0 Å². The summed E-state index contributed by atoms with van der Waals surface area (Å²) in [6.07, 6.45) is 0.192. The lowest BCUT2D eigenvalue weighted by molar-refractivity contribution is 0.274. The van der Waals surface area contributed by atoms with Crippen molar-refractivity contribution in [3.63, 3.8) is 0 Å². The molecule has 0 fully saturated rings. The lowest BCUT2D eigenvalue weighted by Crippen LogP contribution is -1.92. The van der Waals surface area contributed by atoms with E-state index in [1.54, 1.807) is 0 Å². The lowest BCUT2D eigenvalue weighted by atomic mass is 10.5. The maximum atomic E-state index is 4.81. The van der Waals surface area contributed by atoms with E-state index in [1.807, 2.05) is 13.8 Å². The van der Waals surface area contributed by atoms with Crippen LogP contribution >= 0.6 is 25.2 Å². The molecule has 0 bridgehead atoms. The highest BCUT2D eigenvalue weighted by molar-refractivity contribution is 7.98. The van der Waals surface area contributed by atoms with Gasteiger partial charge in [0.15, 0.2) is 12.3 Å². The molecule has 0 saturated heterocycles. The van der Waals surface area contributed by atoms with Crippen LogP contribution in [-0.4, -0.2) is 6.10 Å². The van der Waals surface area contributed by atoms with Crippen LogP contribution in [0.4, 0.5) is 0 Å². The Bertz CT molecular complexity index is 39.9. The second-order valence-electron chi connectivity index (χ2n) is 1.29. The van der Waals surface area contributed by atoms with Gasteiger partial charge in [0.05, 0.1) is 6.10 Å². The Balaban J connectivity index is 2.68. The maximum absolute atomic E-state index is 4.81. The van der Waals surface area contributed by atoms with Gasteiger partial charge >= 0.3 is 0 Å². The van der Waals surface area contributed by atoms with Crippen molar-refractivity contribution >= 4 is 25.2 Å². The molecule has 7 heavy (non-hydrogen) atoms. The number of thiol groups is 1. The molecule has 0 spiro atoms. The zero-order valence-electron chi connectivity index (χ0n) is 4.25. The van der Waals surface area contributed by atoms with Crippen LogP contribution in [0.1, 0.15) is 13.8 Å². The smallest absolute Gasteiger partial charge is 0.171 e. The molecule has 0 aliphatic carbocycles. The Morgan fingerprint density at radius 1 is 1.57 bits per heavy atom. The molecular formula is C3H8O2S2. The molecule has 0 atom stereocenters. The van der Waals surface area contributed by atoms with Crippen molar-refractivity contribution in [3.05, 3.63) is 0 Å². The molecule has 0 radical (unpaired) electrons. The van der Waals surface area contributed by atoms with Crippen molar-refractivity contribution in [1.29, 1.82) is 0 Å². The average molecular weight is 140 g/mol. The summed E-state index contributed by atoms with van der Waals surface area (Å²) in [7, 11) is 0. The molecule has 2 nitrogen and oxygen atoms in total. The van der Waals surface area contributed by atoms with Gasteiger partial charge in [0.25, 0.3) is 0 Å². The molecule has 0 aromatic rings. The molecular weight excluding hydrogens is 132 g/mol. The van der Waals surface area contributed by atoms with E-state index in [4.69, 9.17) is 4.18 Å². The van der Waals surface area contributed by atoms with E-state index in [0.717, 1.165) is 12.3 Å². The van der Waals surface area contributed by atoms with Crippen molar-refractivity contribution in [3.8, 4) is 0 Å². The summed E-state index contributed by atoms with van der Waals surface area (Å²) in [6, 6.07) is 0. The third-order valence-corrected chi connectivity index (χ3v) is 0.969. The lowest BCUT2D eigenvalue weighted by Gasteiger charge is -1.99.